The Morgan fingerprint density at radius 3 is 2.29 bits per heavy atom. The second-order valence-corrected chi connectivity index (χ2v) is 7.65. The number of aryl methyl sites for hydroxylation is 2. The predicted molar refractivity (Wildman–Crippen MR) is 114 cm³/mol. The van der Waals surface area contributed by atoms with Gasteiger partial charge < -0.3 is 10.2 Å². The minimum atomic E-state index is -0.554. The van der Waals surface area contributed by atoms with E-state index in [9.17, 15) is 9.59 Å². The van der Waals surface area contributed by atoms with Crippen molar-refractivity contribution in [3.63, 3.8) is 0 Å². The summed E-state index contributed by atoms with van der Waals surface area (Å²) in [4.78, 5) is 27.3. The molecule has 2 rings (SSSR count). The van der Waals surface area contributed by atoms with Crippen LogP contribution in [0.15, 0.2) is 42.5 Å². The highest BCUT2D eigenvalue weighted by molar-refractivity contribution is 6.30. The van der Waals surface area contributed by atoms with Gasteiger partial charge in [-0.1, -0.05) is 48.9 Å². The second-order valence-electron chi connectivity index (χ2n) is 7.21. The molecule has 0 saturated heterocycles. The van der Waals surface area contributed by atoms with Gasteiger partial charge in [-0.2, -0.15) is 0 Å². The number of benzene rings is 2. The van der Waals surface area contributed by atoms with Gasteiger partial charge in [0.05, 0.1) is 6.42 Å². The van der Waals surface area contributed by atoms with Gasteiger partial charge in [-0.05, 0) is 61.6 Å². The molecule has 0 aromatic heterocycles. The Morgan fingerprint density at radius 1 is 1.04 bits per heavy atom. The summed E-state index contributed by atoms with van der Waals surface area (Å²) < 4.78 is 0. The number of hydrogen-bond donors (Lipinski definition) is 1. The van der Waals surface area contributed by atoms with Gasteiger partial charge in [0, 0.05) is 18.1 Å². The van der Waals surface area contributed by atoms with Crippen molar-refractivity contribution in [2.24, 2.45) is 0 Å². The lowest BCUT2D eigenvalue weighted by molar-refractivity contribution is -0.140. The minimum absolute atomic E-state index is 0.0719. The van der Waals surface area contributed by atoms with Crippen molar-refractivity contribution >= 4 is 23.4 Å². The van der Waals surface area contributed by atoms with E-state index in [1.165, 1.54) is 5.56 Å². The van der Waals surface area contributed by atoms with Crippen molar-refractivity contribution < 1.29 is 9.59 Å². The molecule has 0 bridgehead atoms. The van der Waals surface area contributed by atoms with Crippen LogP contribution in [0.3, 0.4) is 0 Å². The van der Waals surface area contributed by atoms with E-state index < -0.39 is 6.04 Å². The van der Waals surface area contributed by atoms with Crippen LogP contribution >= 0.6 is 11.6 Å². The van der Waals surface area contributed by atoms with E-state index in [1.807, 2.05) is 51.1 Å². The number of carbonyl (C=O) groups is 2. The van der Waals surface area contributed by atoms with E-state index >= 15 is 0 Å². The highest BCUT2D eigenvalue weighted by atomic mass is 35.5. The summed E-state index contributed by atoms with van der Waals surface area (Å²) in [5.74, 6) is -0.207. The summed E-state index contributed by atoms with van der Waals surface area (Å²) >= 11 is 5.97. The Bertz CT molecular complexity index is 818. The molecule has 2 aromatic carbocycles. The zero-order chi connectivity index (χ0) is 20.7. The van der Waals surface area contributed by atoms with Gasteiger partial charge >= 0.3 is 0 Å². The number of hydrogen-bond acceptors (Lipinski definition) is 2. The highest BCUT2D eigenvalue weighted by Crippen LogP contribution is 2.16. The highest BCUT2D eigenvalue weighted by Gasteiger charge is 2.26. The number of rotatable bonds is 8. The molecule has 0 aliphatic heterocycles. The Hall–Kier alpha value is -2.33. The molecule has 0 spiro atoms. The maximum absolute atomic E-state index is 13.1. The van der Waals surface area contributed by atoms with Crippen molar-refractivity contribution in [3.05, 3.63) is 69.7 Å². The maximum atomic E-state index is 13.1. The van der Waals surface area contributed by atoms with E-state index in [0.29, 0.717) is 18.1 Å². The van der Waals surface area contributed by atoms with Crippen LogP contribution in [0.4, 0.5) is 0 Å². The zero-order valence-corrected chi connectivity index (χ0v) is 17.8. The third-order valence-electron chi connectivity index (χ3n) is 4.91. The molecule has 0 aliphatic carbocycles. The lowest BCUT2D eigenvalue weighted by Crippen LogP contribution is -2.48. The van der Waals surface area contributed by atoms with E-state index in [2.05, 4.69) is 5.32 Å². The van der Waals surface area contributed by atoms with Gasteiger partial charge in [-0.15, -0.1) is 0 Å². The van der Waals surface area contributed by atoms with E-state index in [0.717, 1.165) is 23.1 Å². The molecule has 2 amide bonds. The van der Waals surface area contributed by atoms with Crippen LogP contribution in [0, 0.1) is 13.8 Å². The molecular formula is C23H29ClN2O2. The first-order valence-electron chi connectivity index (χ1n) is 9.69. The van der Waals surface area contributed by atoms with Crippen LogP contribution < -0.4 is 5.32 Å². The summed E-state index contributed by atoms with van der Waals surface area (Å²) in [5, 5.41) is 3.53. The molecule has 28 heavy (non-hydrogen) atoms. The third-order valence-corrected chi connectivity index (χ3v) is 5.16. The number of nitrogens with one attached hydrogen (secondary N) is 1. The van der Waals surface area contributed by atoms with Gasteiger partial charge in [0.2, 0.25) is 11.8 Å². The lowest BCUT2D eigenvalue weighted by Gasteiger charge is -2.29. The van der Waals surface area contributed by atoms with E-state index in [-0.39, 0.29) is 18.2 Å². The molecule has 4 nitrogen and oxygen atoms in total. The minimum Gasteiger partial charge on any atom is -0.354 e. The van der Waals surface area contributed by atoms with Gasteiger partial charge in [0.15, 0.2) is 0 Å². The van der Waals surface area contributed by atoms with Crippen molar-refractivity contribution in [2.75, 3.05) is 6.54 Å². The monoisotopic (exact) mass is 400 g/mol. The van der Waals surface area contributed by atoms with E-state index in [1.54, 1.807) is 24.0 Å². The smallest absolute Gasteiger partial charge is 0.242 e. The first-order chi connectivity index (χ1) is 13.3. The lowest BCUT2D eigenvalue weighted by atomic mass is 10.0. The summed E-state index contributed by atoms with van der Waals surface area (Å²) in [6.45, 7) is 8.83. The Morgan fingerprint density at radius 2 is 1.68 bits per heavy atom. The van der Waals surface area contributed by atoms with Crippen LogP contribution in [-0.2, 0) is 22.6 Å². The predicted octanol–water partition coefficient (Wildman–Crippen LogP) is 4.44. The Labute approximate surface area is 172 Å². The van der Waals surface area contributed by atoms with Crippen LogP contribution in [-0.4, -0.2) is 29.3 Å². The fourth-order valence-corrected chi connectivity index (χ4v) is 3.08. The number of halogens is 1. The fraction of sp³-hybridized carbons (Fsp3) is 0.391. The first-order valence-corrected chi connectivity index (χ1v) is 10.1. The molecule has 1 unspecified atom stereocenters. The van der Waals surface area contributed by atoms with Crippen LogP contribution in [0.5, 0.6) is 0 Å². The summed E-state index contributed by atoms with van der Waals surface area (Å²) in [5.41, 5.74) is 4.24. The molecule has 0 saturated carbocycles. The quantitative estimate of drug-likeness (QED) is 0.711. The molecule has 2 aromatic rings. The number of amides is 2. The van der Waals surface area contributed by atoms with Gasteiger partial charge in [-0.3, -0.25) is 9.59 Å². The standard InChI is InChI=1S/C23H29ClN2O2/c1-5-12-25-23(28)18(4)26(15-19-8-10-21(24)11-9-19)22(27)14-20-7-6-16(2)17(3)13-20/h6-11,13,18H,5,12,14-15H2,1-4H3,(H,25,28). The van der Waals surface area contributed by atoms with E-state index in [4.69, 9.17) is 11.6 Å². The summed E-state index contributed by atoms with van der Waals surface area (Å²) in [7, 11) is 0. The summed E-state index contributed by atoms with van der Waals surface area (Å²) in [6, 6.07) is 12.8. The molecule has 0 heterocycles. The van der Waals surface area contributed by atoms with Crippen LogP contribution in [0.25, 0.3) is 0 Å². The Kier molecular flexibility index (Phi) is 8.06. The van der Waals surface area contributed by atoms with Crippen molar-refractivity contribution in [2.45, 2.75) is 53.1 Å². The third kappa shape index (κ3) is 6.10. The topological polar surface area (TPSA) is 49.4 Å². The number of carbonyl (C=O) groups excluding carboxylic acids is 2. The zero-order valence-electron chi connectivity index (χ0n) is 17.1. The average molecular weight is 401 g/mol. The van der Waals surface area contributed by atoms with Crippen molar-refractivity contribution in [1.29, 1.82) is 0 Å². The molecule has 1 atom stereocenters. The van der Waals surface area contributed by atoms with Crippen molar-refractivity contribution in [3.8, 4) is 0 Å². The van der Waals surface area contributed by atoms with Crippen LogP contribution in [0.2, 0.25) is 5.02 Å². The first kappa shape index (κ1) is 22.0. The second kappa shape index (κ2) is 10.3. The van der Waals surface area contributed by atoms with Gasteiger partial charge in [0.25, 0.3) is 0 Å². The average Bonchev–Trinajstić information content (AvgIpc) is 2.67. The van der Waals surface area contributed by atoms with Gasteiger partial charge in [-0.25, -0.2) is 0 Å². The molecular weight excluding hydrogens is 372 g/mol. The molecule has 0 aliphatic rings. The molecule has 0 fully saturated rings. The normalized spacial score (nSPS) is 11.8. The summed E-state index contributed by atoms with van der Waals surface area (Å²) in [6.07, 6.45) is 1.12. The van der Waals surface area contributed by atoms with Crippen molar-refractivity contribution in [1.82, 2.24) is 10.2 Å². The number of nitrogens with zero attached hydrogens (tertiary/aromatic N) is 1. The molecule has 0 radical (unpaired) electrons. The SMILES string of the molecule is CCCNC(=O)C(C)N(Cc1ccc(Cl)cc1)C(=O)Cc1ccc(C)c(C)c1. The molecule has 150 valence electrons. The largest absolute Gasteiger partial charge is 0.354 e. The fourth-order valence-electron chi connectivity index (χ4n) is 2.95. The Balaban J connectivity index is 2.21. The molecule has 5 heteroatoms. The molecule has 1 N–H and O–H groups in total. The van der Waals surface area contributed by atoms with Gasteiger partial charge in [0.1, 0.15) is 6.04 Å². The maximum Gasteiger partial charge on any atom is 0.242 e. The van der Waals surface area contributed by atoms with Crippen LogP contribution in [0.1, 0.15) is 42.5 Å².